The van der Waals surface area contributed by atoms with E-state index in [-0.39, 0.29) is 0 Å². The summed E-state index contributed by atoms with van der Waals surface area (Å²) in [5.41, 5.74) is 0.917. The van der Waals surface area contributed by atoms with Gasteiger partial charge in [0, 0.05) is 24.7 Å². The third-order valence-electron chi connectivity index (χ3n) is 1.53. The molecule has 0 atom stereocenters. The molecule has 4 nitrogen and oxygen atoms in total. The zero-order valence-corrected chi connectivity index (χ0v) is 8.86. The van der Waals surface area contributed by atoms with Gasteiger partial charge in [0.25, 0.3) is 0 Å². The van der Waals surface area contributed by atoms with Gasteiger partial charge in [-0.1, -0.05) is 11.4 Å². The lowest BCUT2D eigenvalue weighted by molar-refractivity contribution is 0.131. The molecule has 0 saturated heterocycles. The number of hydrogen-bond donors (Lipinski definition) is 1. The Morgan fingerprint density at radius 2 is 2.31 bits per heavy atom. The highest BCUT2D eigenvalue weighted by Gasteiger charge is 2.05. The average Bonchev–Trinajstić information content (AvgIpc) is 2.59. The van der Waals surface area contributed by atoms with Crippen molar-refractivity contribution in [2.45, 2.75) is 26.9 Å². The maximum atomic E-state index is 5.26. The molecule has 0 bridgehead atoms. The molecule has 13 heavy (non-hydrogen) atoms. The summed E-state index contributed by atoms with van der Waals surface area (Å²) in [4.78, 5) is 0. The molecule has 0 fully saturated rings. The molecule has 0 aliphatic rings. The third kappa shape index (κ3) is 3.28. The zero-order chi connectivity index (χ0) is 9.52. The first-order chi connectivity index (χ1) is 6.38. The van der Waals surface area contributed by atoms with Crippen LogP contribution in [0.4, 0.5) is 5.00 Å². The Bertz CT molecular complexity index is 217. The van der Waals surface area contributed by atoms with Gasteiger partial charge in [0.2, 0.25) is 0 Å². The molecular weight excluding hydrogens is 186 g/mol. The fourth-order valence-corrected chi connectivity index (χ4v) is 1.47. The van der Waals surface area contributed by atoms with Crippen molar-refractivity contribution in [2.75, 3.05) is 18.5 Å². The highest BCUT2D eigenvalue weighted by molar-refractivity contribution is 7.10. The number of ether oxygens (including phenoxy) is 1. The Morgan fingerprint density at radius 1 is 1.46 bits per heavy atom. The topological polar surface area (TPSA) is 47.0 Å². The van der Waals surface area contributed by atoms with Crippen molar-refractivity contribution in [1.29, 1.82) is 0 Å². The van der Waals surface area contributed by atoms with Gasteiger partial charge in [-0.25, -0.2) is 0 Å². The van der Waals surface area contributed by atoms with Crippen LogP contribution in [0.5, 0.6) is 0 Å². The van der Waals surface area contributed by atoms with Crippen LogP contribution in [-0.2, 0) is 11.3 Å². The summed E-state index contributed by atoms with van der Waals surface area (Å²) in [5, 5.41) is 8.29. The average molecular weight is 201 g/mol. The molecule has 1 heterocycles. The maximum Gasteiger partial charge on any atom is 0.135 e. The fraction of sp³-hybridized carbons (Fsp3) is 0.750. The van der Waals surface area contributed by atoms with Gasteiger partial charge in [-0.15, -0.1) is 5.10 Å². The van der Waals surface area contributed by atoms with E-state index in [2.05, 4.69) is 21.8 Å². The molecule has 0 aliphatic heterocycles. The molecule has 1 aromatic rings. The summed E-state index contributed by atoms with van der Waals surface area (Å²) < 4.78 is 9.14. The number of rotatable bonds is 6. The summed E-state index contributed by atoms with van der Waals surface area (Å²) >= 11 is 1.39. The van der Waals surface area contributed by atoms with Gasteiger partial charge in [-0.2, -0.15) is 0 Å². The van der Waals surface area contributed by atoms with E-state index in [9.17, 15) is 0 Å². The molecule has 0 spiro atoms. The van der Waals surface area contributed by atoms with E-state index < -0.39 is 0 Å². The van der Waals surface area contributed by atoms with E-state index in [4.69, 9.17) is 4.74 Å². The molecule has 1 aromatic heterocycles. The smallest absolute Gasteiger partial charge is 0.135 e. The van der Waals surface area contributed by atoms with Crippen LogP contribution < -0.4 is 5.32 Å². The number of nitrogens with zero attached hydrogens (tertiary/aromatic N) is 2. The van der Waals surface area contributed by atoms with Crippen molar-refractivity contribution < 1.29 is 4.74 Å². The minimum Gasteiger partial charge on any atom is -0.375 e. The predicted molar refractivity (Wildman–Crippen MR) is 54.0 cm³/mol. The lowest BCUT2D eigenvalue weighted by atomic mass is 10.4. The van der Waals surface area contributed by atoms with Crippen molar-refractivity contribution in [3.63, 3.8) is 0 Å². The molecule has 0 radical (unpaired) electrons. The van der Waals surface area contributed by atoms with E-state index in [1.165, 1.54) is 11.5 Å². The van der Waals surface area contributed by atoms with Gasteiger partial charge in [0.15, 0.2) is 0 Å². The molecule has 74 valence electrons. The SMILES string of the molecule is CCCNc1snnc1COCC. The van der Waals surface area contributed by atoms with Crippen LogP contribution in [-0.4, -0.2) is 22.7 Å². The number of aromatic nitrogens is 2. The molecule has 1 N–H and O–H groups in total. The number of hydrogen-bond acceptors (Lipinski definition) is 5. The predicted octanol–water partition coefficient (Wildman–Crippen LogP) is 1.90. The lowest BCUT2D eigenvalue weighted by Crippen LogP contribution is -2.02. The molecule has 0 aliphatic carbocycles. The second kappa shape index (κ2) is 5.88. The summed E-state index contributed by atoms with van der Waals surface area (Å²) in [7, 11) is 0. The molecule has 0 unspecified atom stereocenters. The van der Waals surface area contributed by atoms with Crippen molar-refractivity contribution in [3.05, 3.63) is 5.69 Å². The van der Waals surface area contributed by atoms with Crippen LogP contribution in [0.15, 0.2) is 0 Å². The summed E-state index contributed by atoms with van der Waals surface area (Å²) in [6.45, 7) is 6.33. The Balaban J connectivity index is 2.45. The molecule has 0 aromatic carbocycles. The van der Waals surface area contributed by atoms with Gasteiger partial charge in [0.05, 0.1) is 6.61 Å². The van der Waals surface area contributed by atoms with E-state index in [0.29, 0.717) is 13.2 Å². The highest BCUT2D eigenvalue weighted by Crippen LogP contribution is 2.17. The second-order valence-electron chi connectivity index (χ2n) is 2.61. The standard InChI is InChI=1S/C8H15N3OS/c1-3-5-9-8-7(6-12-4-2)10-11-13-8/h9H,3-6H2,1-2H3. The maximum absolute atomic E-state index is 5.26. The largest absolute Gasteiger partial charge is 0.375 e. The Morgan fingerprint density at radius 3 is 3.00 bits per heavy atom. The van der Waals surface area contributed by atoms with E-state index in [0.717, 1.165) is 23.7 Å². The van der Waals surface area contributed by atoms with Gasteiger partial charge >= 0.3 is 0 Å². The monoisotopic (exact) mass is 201 g/mol. The van der Waals surface area contributed by atoms with Crippen molar-refractivity contribution >= 4 is 16.5 Å². The van der Waals surface area contributed by atoms with Crippen molar-refractivity contribution in [1.82, 2.24) is 9.59 Å². The van der Waals surface area contributed by atoms with Crippen LogP contribution in [0.3, 0.4) is 0 Å². The van der Waals surface area contributed by atoms with Crippen LogP contribution >= 0.6 is 11.5 Å². The number of anilines is 1. The normalized spacial score (nSPS) is 10.3. The highest BCUT2D eigenvalue weighted by atomic mass is 32.1. The lowest BCUT2D eigenvalue weighted by Gasteiger charge is -2.02. The fourth-order valence-electron chi connectivity index (χ4n) is 0.875. The summed E-state index contributed by atoms with van der Waals surface area (Å²) in [6, 6.07) is 0. The molecule has 0 saturated carbocycles. The first-order valence-corrected chi connectivity index (χ1v) is 5.28. The minimum absolute atomic E-state index is 0.555. The molecule has 1 rings (SSSR count). The van der Waals surface area contributed by atoms with Gasteiger partial charge < -0.3 is 10.1 Å². The van der Waals surface area contributed by atoms with Gasteiger partial charge in [-0.05, 0) is 13.3 Å². The first-order valence-electron chi connectivity index (χ1n) is 4.51. The minimum atomic E-state index is 0.555. The van der Waals surface area contributed by atoms with Crippen LogP contribution in [0.2, 0.25) is 0 Å². The summed E-state index contributed by atoms with van der Waals surface area (Å²) in [6.07, 6.45) is 1.10. The molecule has 0 amide bonds. The Labute approximate surface area is 82.5 Å². The first kappa shape index (κ1) is 10.4. The van der Waals surface area contributed by atoms with Crippen LogP contribution in [0.1, 0.15) is 26.0 Å². The summed E-state index contributed by atoms with van der Waals surface area (Å²) in [5.74, 6) is 0. The number of nitrogens with one attached hydrogen (secondary N) is 1. The van der Waals surface area contributed by atoms with Crippen molar-refractivity contribution in [3.8, 4) is 0 Å². The molecular formula is C8H15N3OS. The van der Waals surface area contributed by atoms with Crippen LogP contribution in [0, 0.1) is 0 Å². The van der Waals surface area contributed by atoms with Gasteiger partial charge in [0.1, 0.15) is 10.7 Å². The Kier molecular flexibility index (Phi) is 4.70. The van der Waals surface area contributed by atoms with Crippen LogP contribution in [0.25, 0.3) is 0 Å². The quantitative estimate of drug-likeness (QED) is 0.763. The zero-order valence-electron chi connectivity index (χ0n) is 8.04. The van der Waals surface area contributed by atoms with E-state index in [1.807, 2.05) is 6.92 Å². The third-order valence-corrected chi connectivity index (χ3v) is 2.26. The van der Waals surface area contributed by atoms with E-state index in [1.54, 1.807) is 0 Å². The van der Waals surface area contributed by atoms with Gasteiger partial charge in [-0.3, -0.25) is 0 Å². The van der Waals surface area contributed by atoms with E-state index >= 15 is 0 Å². The molecule has 5 heteroatoms. The second-order valence-corrected chi connectivity index (χ2v) is 3.37. The van der Waals surface area contributed by atoms with Crippen molar-refractivity contribution in [2.24, 2.45) is 0 Å². The Hall–Kier alpha value is -0.680.